The van der Waals surface area contributed by atoms with E-state index in [1.165, 1.54) is 12.1 Å². The van der Waals surface area contributed by atoms with Gasteiger partial charge in [-0.25, -0.2) is 9.37 Å². The lowest BCUT2D eigenvalue weighted by Crippen LogP contribution is -2.00. The van der Waals surface area contributed by atoms with Gasteiger partial charge in [0.1, 0.15) is 17.2 Å². The molecule has 0 amide bonds. The monoisotopic (exact) mass is 386 g/mol. The number of rotatable bonds is 5. The second-order valence-electron chi connectivity index (χ2n) is 5.83. The zero-order chi connectivity index (χ0) is 19.0. The fourth-order valence-electron chi connectivity index (χ4n) is 2.67. The van der Waals surface area contributed by atoms with E-state index < -0.39 is 11.8 Å². The van der Waals surface area contributed by atoms with Crippen molar-refractivity contribution in [3.05, 3.63) is 59.1 Å². The minimum absolute atomic E-state index is 0.0416. The van der Waals surface area contributed by atoms with Gasteiger partial charge in [0.15, 0.2) is 0 Å². The van der Waals surface area contributed by atoms with E-state index in [0.29, 0.717) is 5.69 Å². The van der Waals surface area contributed by atoms with Gasteiger partial charge in [0.25, 0.3) is 5.89 Å². The molecule has 0 aliphatic rings. The number of pyridine rings is 1. The summed E-state index contributed by atoms with van der Waals surface area (Å²) in [6.45, 7) is 0. The Morgan fingerprint density at radius 3 is 2.93 bits per heavy atom. The van der Waals surface area contributed by atoms with Gasteiger partial charge in [-0.2, -0.15) is 4.98 Å². The van der Waals surface area contributed by atoms with Crippen LogP contribution in [-0.2, 0) is 11.2 Å². The number of benzene rings is 1. The predicted molar refractivity (Wildman–Crippen MR) is 94.8 cm³/mol. The zero-order valence-electron chi connectivity index (χ0n) is 13.8. The van der Waals surface area contributed by atoms with Gasteiger partial charge >= 0.3 is 5.97 Å². The number of carboxylic acids is 1. The first kappa shape index (κ1) is 17.2. The molecule has 0 unspecified atom stereocenters. The Labute approximate surface area is 157 Å². The van der Waals surface area contributed by atoms with Gasteiger partial charge in [0.05, 0.1) is 5.02 Å². The molecule has 1 N–H and O–H groups in total. The van der Waals surface area contributed by atoms with Crippen molar-refractivity contribution in [2.45, 2.75) is 12.8 Å². The molecule has 27 heavy (non-hydrogen) atoms. The Morgan fingerprint density at radius 2 is 2.15 bits per heavy atom. The average molecular weight is 387 g/mol. The molecule has 3 aromatic heterocycles. The second-order valence-corrected chi connectivity index (χ2v) is 6.24. The van der Waals surface area contributed by atoms with E-state index in [4.69, 9.17) is 21.2 Å². The van der Waals surface area contributed by atoms with Gasteiger partial charge in [0, 0.05) is 24.4 Å². The molecule has 0 spiro atoms. The van der Waals surface area contributed by atoms with Crippen LogP contribution in [0.25, 0.3) is 28.6 Å². The first-order valence-corrected chi connectivity index (χ1v) is 8.37. The summed E-state index contributed by atoms with van der Waals surface area (Å²) in [7, 11) is 0. The third-order valence-electron chi connectivity index (χ3n) is 3.99. The molecular weight excluding hydrogens is 375 g/mol. The van der Waals surface area contributed by atoms with Crippen LogP contribution in [0.3, 0.4) is 0 Å². The molecule has 4 rings (SSSR count). The number of carbonyl (C=O) groups is 1. The molecule has 1 aromatic carbocycles. The van der Waals surface area contributed by atoms with Crippen LogP contribution in [0.4, 0.5) is 4.39 Å². The molecule has 0 bridgehead atoms. The third-order valence-corrected chi connectivity index (χ3v) is 4.31. The van der Waals surface area contributed by atoms with Crippen molar-refractivity contribution in [2.75, 3.05) is 0 Å². The van der Waals surface area contributed by atoms with Crippen LogP contribution in [0.15, 0.2) is 47.2 Å². The average Bonchev–Trinajstić information content (AvgIpc) is 3.28. The van der Waals surface area contributed by atoms with Crippen molar-refractivity contribution in [3.63, 3.8) is 0 Å². The summed E-state index contributed by atoms with van der Waals surface area (Å²) >= 11 is 6.22. The predicted octanol–water partition coefficient (Wildman–Crippen LogP) is 3.86. The van der Waals surface area contributed by atoms with Crippen molar-refractivity contribution in [3.8, 4) is 23.0 Å². The van der Waals surface area contributed by atoms with E-state index in [9.17, 15) is 9.18 Å². The molecule has 0 atom stereocenters. The molecule has 0 aliphatic heterocycles. The summed E-state index contributed by atoms with van der Waals surface area (Å²) in [5.41, 5.74) is 1.68. The smallest absolute Gasteiger partial charge is 0.303 e. The number of aliphatic carboxylic acids is 1. The van der Waals surface area contributed by atoms with E-state index in [0.717, 1.165) is 5.65 Å². The summed E-state index contributed by atoms with van der Waals surface area (Å²) in [5, 5.41) is 12.8. The largest absolute Gasteiger partial charge is 0.481 e. The maximum absolute atomic E-state index is 14.3. The first-order chi connectivity index (χ1) is 13.0. The van der Waals surface area contributed by atoms with Crippen molar-refractivity contribution in [1.29, 1.82) is 0 Å². The molecule has 7 nitrogen and oxygen atoms in total. The van der Waals surface area contributed by atoms with Gasteiger partial charge < -0.3 is 14.0 Å². The van der Waals surface area contributed by atoms with Gasteiger partial charge in [-0.3, -0.25) is 4.79 Å². The number of aromatic nitrogens is 4. The topological polar surface area (TPSA) is 93.5 Å². The molecule has 0 radical (unpaired) electrons. The summed E-state index contributed by atoms with van der Waals surface area (Å²) < 4.78 is 21.3. The van der Waals surface area contributed by atoms with Crippen LogP contribution in [-0.4, -0.2) is 30.6 Å². The van der Waals surface area contributed by atoms with E-state index in [1.54, 1.807) is 6.20 Å². The SMILES string of the molecule is O=C(O)CCc1cc(Cl)c(-c2noc(-c3cn4ccccc4n3)n2)cc1F. The molecule has 4 aromatic rings. The second kappa shape index (κ2) is 6.81. The van der Waals surface area contributed by atoms with E-state index >= 15 is 0 Å². The number of fused-ring (bicyclic) bond motifs is 1. The number of hydrogen-bond acceptors (Lipinski definition) is 5. The number of aryl methyl sites for hydroxylation is 1. The van der Waals surface area contributed by atoms with Crippen molar-refractivity contribution in [2.24, 2.45) is 0 Å². The maximum Gasteiger partial charge on any atom is 0.303 e. The molecule has 0 aliphatic carbocycles. The van der Waals surface area contributed by atoms with Crippen molar-refractivity contribution in [1.82, 2.24) is 19.5 Å². The molecule has 0 saturated carbocycles. The summed E-state index contributed by atoms with van der Waals surface area (Å²) in [5.74, 6) is -1.28. The fraction of sp³-hybridized carbons (Fsp3) is 0.111. The fourth-order valence-corrected chi connectivity index (χ4v) is 2.94. The maximum atomic E-state index is 14.3. The van der Waals surface area contributed by atoms with Crippen LogP contribution in [0, 0.1) is 5.82 Å². The number of hydrogen-bond donors (Lipinski definition) is 1. The molecule has 136 valence electrons. The van der Waals surface area contributed by atoms with Crippen LogP contribution in [0.2, 0.25) is 5.02 Å². The van der Waals surface area contributed by atoms with E-state index in [2.05, 4.69) is 15.1 Å². The number of imidazole rings is 1. The highest BCUT2D eigenvalue weighted by molar-refractivity contribution is 6.33. The Kier molecular flexibility index (Phi) is 4.33. The number of carboxylic acid groups (broad SMARTS) is 1. The van der Waals surface area contributed by atoms with Crippen LogP contribution in [0.1, 0.15) is 12.0 Å². The summed E-state index contributed by atoms with van der Waals surface area (Å²) in [6.07, 6.45) is 3.43. The minimum Gasteiger partial charge on any atom is -0.481 e. The third kappa shape index (κ3) is 3.39. The van der Waals surface area contributed by atoms with Crippen LogP contribution < -0.4 is 0 Å². The molecule has 3 heterocycles. The number of nitrogens with zero attached hydrogens (tertiary/aromatic N) is 4. The normalized spacial score (nSPS) is 11.2. The zero-order valence-corrected chi connectivity index (χ0v) is 14.5. The van der Waals surface area contributed by atoms with Gasteiger partial charge in [-0.1, -0.05) is 22.8 Å². The highest BCUT2D eigenvalue weighted by Gasteiger charge is 2.18. The Bertz CT molecular complexity index is 1120. The standard InChI is InChI=1S/C18H12ClFN4O3/c19-12-7-10(4-5-16(25)26)13(20)8-11(12)17-22-18(27-23-17)14-9-24-6-2-1-3-15(24)21-14/h1-3,6-9H,4-5H2,(H,25,26). The lowest BCUT2D eigenvalue weighted by atomic mass is 10.1. The lowest BCUT2D eigenvalue weighted by Gasteiger charge is -2.05. The van der Waals surface area contributed by atoms with E-state index in [1.807, 2.05) is 28.8 Å². The minimum atomic E-state index is -1.01. The van der Waals surface area contributed by atoms with Crippen molar-refractivity contribution < 1.29 is 18.8 Å². The van der Waals surface area contributed by atoms with Gasteiger partial charge in [-0.15, -0.1) is 0 Å². The van der Waals surface area contributed by atoms with Gasteiger partial charge in [-0.05, 0) is 36.2 Å². The summed E-state index contributed by atoms with van der Waals surface area (Å²) in [6, 6.07) is 8.13. The quantitative estimate of drug-likeness (QED) is 0.559. The highest BCUT2D eigenvalue weighted by atomic mass is 35.5. The molecule has 0 saturated heterocycles. The Morgan fingerprint density at radius 1 is 1.30 bits per heavy atom. The number of halogens is 2. The molecular formula is C18H12ClFN4O3. The highest BCUT2D eigenvalue weighted by Crippen LogP contribution is 2.30. The van der Waals surface area contributed by atoms with Gasteiger partial charge in [0.2, 0.25) is 5.82 Å². The van der Waals surface area contributed by atoms with Crippen LogP contribution in [0.5, 0.6) is 0 Å². The van der Waals surface area contributed by atoms with Crippen molar-refractivity contribution >= 4 is 23.2 Å². The first-order valence-electron chi connectivity index (χ1n) is 7.99. The van der Waals surface area contributed by atoms with Crippen LogP contribution >= 0.6 is 11.6 Å². The molecule has 9 heteroatoms. The summed E-state index contributed by atoms with van der Waals surface area (Å²) in [4.78, 5) is 19.3. The molecule has 0 fully saturated rings. The lowest BCUT2D eigenvalue weighted by molar-refractivity contribution is -0.136. The Balaban J connectivity index is 1.66. The van der Waals surface area contributed by atoms with E-state index in [-0.39, 0.29) is 40.7 Å². The Hall–Kier alpha value is -3.26.